The van der Waals surface area contributed by atoms with Crippen LogP contribution < -0.4 is 26.6 Å². The highest BCUT2D eigenvalue weighted by Crippen LogP contribution is 2.35. The minimum Gasteiger partial charge on any atom is -0.359 e. The predicted octanol–water partition coefficient (Wildman–Crippen LogP) is 23.8. The van der Waals surface area contributed by atoms with E-state index >= 15 is 0 Å². The Morgan fingerprint density at radius 2 is 0.561 bits per heavy atom. The van der Waals surface area contributed by atoms with Crippen LogP contribution in [0.5, 0.6) is 0 Å². The van der Waals surface area contributed by atoms with Gasteiger partial charge in [0.05, 0.1) is 84.6 Å². The molecule has 4 aromatic heterocycles. The lowest BCUT2D eigenvalue weighted by Gasteiger charge is -2.27. The summed E-state index contributed by atoms with van der Waals surface area (Å²) in [5.41, 5.74) is 5.78. The number of Topliss-reactive ketones (excluding diaryl/α,β-unsaturated/α-hetero) is 7. The smallest absolute Gasteiger partial charge is 0.224 e. The van der Waals surface area contributed by atoms with Gasteiger partial charge in [0.1, 0.15) is 17.3 Å². The van der Waals surface area contributed by atoms with Crippen molar-refractivity contribution in [2.45, 2.75) is 303 Å². The molecule has 0 aliphatic rings. The summed E-state index contributed by atoms with van der Waals surface area (Å²) in [6.07, 6.45) is 10.7. The minimum atomic E-state index is -0.573. The molecule has 0 aliphatic carbocycles. The third kappa shape index (κ3) is 45.0. The summed E-state index contributed by atoms with van der Waals surface area (Å²) in [6, 6.07) is 21.5. The summed E-state index contributed by atoms with van der Waals surface area (Å²) in [5, 5.41) is 21.1. The largest absolute Gasteiger partial charge is 0.359 e. The molecule has 5 amide bonds. The van der Waals surface area contributed by atoms with Gasteiger partial charge in [0.15, 0.2) is 23.1 Å². The number of hydrogen-bond donors (Lipinski definition) is 5. The lowest BCUT2D eigenvalue weighted by atomic mass is 9.91. The average molecular weight is 2190 g/mol. The van der Waals surface area contributed by atoms with Crippen molar-refractivity contribution in [3.05, 3.63) is 162 Å². The van der Waals surface area contributed by atoms with Gasteiger partial charge >= 0.3 is 0 Å². The van der Waals surface area contributed by atoms with E-state index in [1.807, 2.05) is 62.4 Å². The predicted molar refractivity (Wildman–Crippen MR) is 616 cm³/mol. The highest BCUT2D eigenvalue weighted by atomic mass is 35.5. The summed E-state index contributed by atoms with van der Waals surface area (Å²) < 4.78 is 3.83. The van der Waals surface area contributed by atoms with Crippen LogP contribution in [0.1, 0.15) is 274 Å². The van der Waals surface area contributed by atoms with E-state index in [0.717, 1.165) is 145 Å². The number of halogens is 4. The fourth-order valence-electron chi connectivity index (χ4n) is 17.2. The van der Waals surface area contributed by atoms with Crippen LogP contribution in [0.25, 0.3) is 40.9 Å². The number of nitrogens with zero attached hydrogens (tertiary/aromatic N) is 8. The van der Waals surface area contributed by atoms with E-state index < -0.39 is 23.7 Å². The topological polar surface area (TPSA) is 330 Å². The second kappa shape index (κ2) is 68.5. The van der Waals surface area contributed by atoms with Crippen LogP contribution in [0.2, 0.25) is 20.1 Å². The van der Waals surface area contributed by atoms with Crippen molar-refractivity contribution in [2.75, 3.05) is 85.6 Å². The maximum absolute atomic E-state index is 13.6. The Morgan fingerprint density at radius 1 is 0.331 bits per heavy atom. The normalized spacial score (nSPS) is 13.9. The molecule has 8 rings (SSSR count). The molecule has 0 aliphatic heterocycles. The lowest BCUT2D eigenvalue weighted by Crippen LogP contribution is -2.44. The summed E-state index contributed by atoms with van der Waals surface area (Å²) in [4.78, 5) is 181. The van der Waals surface area contributed by atoms with Gasteiger partial charge in [-0.3, -0.25) is 72.3 Å². The first-order valence-electron chi connectivity index (χ1n) is 53.3. The fourth-order valence-corrected chi connectivity index (χ4v) is 22.5. The van der Waals surface area contributed by atoms with E-state index in [4.69, 9.17) is 46.4 Å². The van der Waals surface area contributed by atoms with Crippen LogP contribution in [-0.2, 0) is 83.2 Å². The number of thiazole rings is 4. The molecule has 5 N–H and O–H groups in total. The molecule has 33 heteroatoms. The van der Waals surface area contributed by atoms with E-state index in [0.29, 0.717) is 158 Å². The lowest BCUT2D eigenvalue weighted by molar-refractivity contribution is -0.131. The number of likely N-dealkylation sites (N-methyl/N-ethyl adjacent to an activating group) is 4. The quantitative estimate of drug-likeness (QED) is 0.0221. The number of benzene rings is 4. The first-order chi connectivity index (χ1) is 70.4. The zero-order valence-electron chi connectivity index (χ0n) is 91.6. The Hall–Kier alpha value is -8.56. The zero-order valence-corrected chi connectivity index (χ0v) is 97.8. The van der Waals surface area contributed by atoms with Crippen LogP contribution in [0, 0.1) is 47.3 Å². The molecule has 0 fully saturated rings. The standard InChI is InChI=1S/C30H44ClN3O3S.C29H42ClN3O3S.C28H41ClN4O3S.C28H40ClN3O3S/c1-7-11-24(35)16-22(17-29-32-26-13-12-23(31)18-28(26)38-29)30(37)33-25(20(5)8-2)14-15-27(36)21(6)19-34(9-3)10-4;1-7-19(5)24(13-14-26(35)20(6)18-33(9-3)10-4)32-29(36)21(15-23(34)8-2)16-28-31-25-12-11-22(30)17-27(25)37-28;1-7-18(4)22(12-13-24(34)19(5)17-33(8-2)9-3)32-28(36)20(14-26(35)30-6)15-27-31-23-11-10-21(29)16-25(23)37-27;1-7-18(4)23(12-13-25(34)19(5)17-32(8-2)9-3)31-28(35)21(14-20(6)33)15-27-30-24-11-10-22(29)16-26(24)36-27/h12-13,18,20,22,25H,6-11,14-17,19H2,1-5H3,(H,33,37);11-12,17,19,21,24H,6-10,13-16,18H2,1-5H3,(H,32,36);10-11,16,18,20,22H,5,7-9,12-15,17H2,1-4,6H3,(H,30,35)(H,32,36);10-11,16,18,21,23H,5,7-9,12-15,17H2,1-4,6H3,(H,31,35)/t20-,22-,25+;19-,21-,24+;18-,20-,22+;18-,21-,23+/m0000/s1. The van der Waals surface area contributed by atoms with Crippen molar-refractivity contribution < 1.29 is 57.5 Å². The molecule has 0 saturated carbocycles. The molecule has 0 spiro atoms. The molecule has 0 saturated heterocycles. The summed E-state index contributed by atoms with van der Waals surface area (Å²) in [7, 11) is 1.57. The maximum atomic E-state index is 13.6. The summed E-state index contributed by atoms with van der Waals surface area (Å²) in [6.45, 7) is 63.7. The molecule has 148 heavy (non-hydrogen) atoms. The molecular formula is C115H167Cl4N13O12S4. The van der Waals surface area contributed by atoms with Gasteiger partial charge in [-0.05, 0) is 188 Å². The van der Waals surface area contributed by atoms with Crippen LogP contribution in [0.4, 0.5) is 0 Å². The summed E-state index contributed by atoms with van der Waals surface area (Å²) >= 11 is 30.5. The number of fused-ring (bicyclic) bond motifs is 4. The van der Waals surface area contributed by atoms with Crippen molar-refractivity contribution in [1.82, 2.24) is 66.1 Å². The number of hydrogen-bond acceptors (Lipinski definition) is 24. The molecule has 25 nitrogen and oxygen atoms in total. The minimum absolute atomic E-state index is 0.0319. The molecule has 8 aromatic rings. The first-order valence-corrected chi connectivity index (χ1v) is 58.1. The molecular weight excluding hydrogens is 2030 g/mol. The Morgan fingerprint density at radius 3 is 0.770 bits per heavy atom. The van der Waals surface area contributed by atoms with E-state index in [1.165, 1.54) is 52.3 Å². The van der Waals surface area contributed by atoms with Crippen LogP contribution in [0.3, 0.4) is 0 Å². The molecule has 12 atom stereocenters. The van der Waals surface area contributed by atoms with Gasteiger partial charge in [0.25, 0.3) is 0 Å². The Kier molecular flexibility index (Phi) is 60.1. The molecule has 0 unspecified atom stereocenters. The molecule has 0 bridgehead atoms. The highest BCUT2D eigenvalue weighted by Gasteiger charge is 2.35. The second-order valence-corrected chi connectivity index (χ2v) is 45.2. The van der Waals surface area contributed by atoms with Gasteiger partial charge in [0.2, 0.25) is 29.5 Å². The molecule has 4 aromatic carbocycles. The second-order valence-electron chi connectivity index (χ2n) is 39.0. The third-order valence-corrected chi connectivity index (χ3v) is 33.1. The van der Waals surface area contributed by atoms with Gasteiger partial charge in [0, 0.05) is 190 Å². The number of ketones is 7. The molecule has 0 radical (unpaired) electrons. The van der Waals surface area contributed by atoms with Gasteiger partial charge in [-0.15, -0.1) is 45.3 Å². The Labute approximate surface area is 917 Å². The van der Waals surface area contributed by atoms with Gasteiger partial charge in [-0.1, -0.05) is 223 Å². The number of carbonyl (C=O) groups excluding carboxylic acids is 12. The number of carbonyl (C=O) groups is 12. The number of rotatable bonds is 67. The van der Waals surface area contributed by atoms with E-state index in [2.05, 4.69) is 203 Å². The van der Waals surface area contributed by atoms with Crippen LogP contribution >= 0.6 is 91.8 Å². The van der Waals surface area contributed by atoms with Crippen LogP contribution in [-0.4, -0.2) is 219 Å². The average Bonchev–Trinajstić information content (AvgIpc) is 1.69. The van der Waals surface area contributed by atoms with Gasteiger partial charge in [-0.25, -0.2) is 19.9 Å². The third-order valence-electron chi connectivity index (χ3n) is 28.0. The van der Waals surface area contributed by atoms with Gasteiger partial charge in [-0.2, -0.15) is 0 Å². The monoisotopic (exact) mass is 2190 g/mol. The first kappa shape index (κ1) is 130. The van der Waals surface area contributed by atoms with E-state index in [1.54, 1.807) is 31.3 Å². The van der Waals surface area contributed by atoms with Crippen LogP contribution in [0.15, 0.2) is 121 Å². The summed E-state index contributed by atoms with van der Waals surface area (Å²) in [5.74, 6) is -1.96. The maximum Gasteiger partial charge on any atom is 0.224 e. The van der Waals surface area contributed by atoms with Crippen molar-refractivity contribution in [2.24, 2.45) is 47.3 Å². The number of nitrogens with one attached hydrogen (secondary N) is 5. The van der Waals surface area contributed by atoms with Crippen molar-refractivity contribution in [1.29, 1.82) is 0 Å². The highest BCUT2D eigenvalue weighted by molar-refractivity contribution is 7.19. The fraction of sp³-hybridized carbons (Fsp3) is 0.583. The van der Waals surface area contributed by atoms with E-state index in [9.17, 15) is 57.5 Å². The Balaban J connectivity index is 0.000000347. The number of aromatic nitrogens is 4. The SMILES string of the molecule is C=C(CN(CC)CC)C(=O)CC[C@@H](NC(=O)[C@@H](CC(=O)CC)Cc1nc2ccc(Cl)cc2s1)[C@@H](C)CC.C=C(CN(CC)CC)C(=O)CC[C@@H](NC(=O)[C@@H](CC(=O)CCC)Cc1nc2ccc(Cl)cc2s1)[C@@H](C)CC.C=C(CN(CC)CC)C(=O)CC[C@@H](NC(=O)[C@@H](CC(=O)NC)Cc1nc2ccc(Cl)cc2s1)[C@@H](C)CC.C=C(CN(CC)CC)C(=O)CC[C@@H](NC(=O)[C@@H](CC(C)=O)Cc1nc2ccc(Cl)cc2s1)[C@@H](C)CC. The van der Waals surface area contributed by atoms with Crippen molar-refractivity contribution >= 4 is 203 Å². The van der Waals surface area contributed by atoms with Gasteiger partial charge < -0.3 is 31.4 Å². The molecule has 4 heterocycles. The Bertz CT molecular complexity index is 5510. The zero-order chi connectivity index (χ0) is 110. The van der Waals surface area contributed by atoms with Crippen molar-refractivity contribution in [3.8, 4) is 0 Å². The van der Waals surface area contributed by atoms with E-state index in [-0.39, 0.29) is 144 Å². The number of amides is 5. The van der Waals surface area contributed by atoms with Crippen molar-refractivity contribution in [3.63, 3.8) is 0 Å². The molecule has 816 valence electrons.